The maximum atomic E-state index is 12.6. The van der Waals surface area contributed by atoms with Crippen LogP contribution in [0.4, 0.5) is 0 Å². The largest absolute Gasteiger partial charge is 0.508 e. The van der Waals surface area contributed by atoms with Crippen LogP contribution in [-0.4, -0.2) is 29.6 Å². The molecule has 5 nitrogen and oxygen atoms in total. The lowest BCUT2D eigenvalue weighted by Gasteiger charge is -2.36. The maximum Gasteiger partial charge on any atom is 0.338 e. The Kier molecular flexibility index (Phi) is 6.03. The summed E-state index contributed by atoms with van der Waals surface area (Å²) in [6.45, 7) is 4.06. The van der Waals surface area contributed by atoms with Crippen LogP contribution in [0.15, 0.2) is 90.5 Å². The van der Waals surface area contributed by atoms with Crippen molar-refractivity contribution in [2.75, 3.05) is 6.61 Å². The van der Waals surface area contributed by atoms with Gasteiger partial charge in [0.25, 0.3) is 0 Å². The predicted octanol–water partition coefficient (Wildman–Crippen LogP) is 5.00. The summed E-state index contributed by atoms with van der Waals surface area (Å²) < 4.78 is 11.4. The number of ether oxygens (including phenoxy) is 2. The molecule has 158 valence electrons. The van der Waals surface area contributed by atoms with Crippen LogP contribution in [0.25, 0.3) is 5.57 Å². The second-order valence-corrected chi connectivity index (χ2v) is 7.63. The first-order valence-electron chi connectivity index (χ1n) is 10.4. The highest BCUT2D eigenvalue weighted by atomic mass is 16.5. The number of rotatable bonds is 7. The van der Waals surface area contributed by atoms with E-state index in [2.05, 4.69) is 6.58 Å². The summed E-state index contributed by atoms with van der Waals surface area (Å²) in [7, 11) is 0. The number of aliphatic hydroxyl groups excluding tert-OH is 1. The topological polar surface area (TPSA) is 72.8 Å². The van der Waals surface area contributed by atoms with Crippen LogP contribution < -0.4 is 0 Å². The fourth-order valence-electron chi connectivity index (χ4n) is 3.96. The van der Waals surface area contributed by atoms with Crippen LogP contribution in [0, 0.1) is 5.92 Å². The standard InChI is InChI=1S/C26H24O5/c1-2-3-4-5-13-30-26(29)18-8-6-7-17(14-18)25-21-11-9-19(27)15-23(21)31-24-16-20(28)10-12-22(24)25/h2,6-12,14-16,21,23,27H,1,3-5,13H2. The van der Waals surface area contributed by atoms with Crippen LogP contribution in [0.5, 0.6) is 0 Å². The van der Waals surface area contributed by atoms with Crippen LogP contribution in [0.2, 0.25) is 0 Å². The number of aliphatic hydroxyl groups is 1. The Labute approximate surface area is 181 Å². The van der Waals surface area contributed by atoms with Gasteiger partial charge in [0.2, 0.25) is 0 Å². The van der Waals surface area contributed by atoms with Crippen molar-refractivity contribution in [3.63, 3.8) is 0 Å². The SMILES string of the molecule is C=CCCCCOC(=O)c1cccc(C2=C3C=CC(=O)C=C3OC3C=C(O)C=CC23)c1. The summed E-state index contributed by atoms with van der Waals surface area (Å²) in [4.78, 5) is 24.4. The number of fused-ring (bicyclic) bond motifs is 2. The lowest BCUT2D eigenvalue weighted by Crippen LogP contribution is -2.30. The number of carbonyl (C=O) groups excluding carboxylic acids is 2. The van der Waals surface area contributed by atoms with Crippen molar-refractivity contribution >= 4 is 17.3 Å². The quantitative estimate of drug-likeness (QED) is 0.385. The smallest absolute Gasteiger partial charge is 0.338 e. The van der Waals surface area contributed by atoms with Crippen molar-refractivity contribution < 1.29 is 24.2 Å². The van der Waals surface area contributed by atoms with E-state index in [1.165, 1.54) is 12.2 Å². The van der Waals surface area contributed by atoms with E-state index >= 15 is 0 Å². The van der Waals surface area contributed by atoms with Gasteiger partial charge in [-0.2, -0.15) is 0 Å². The van der Waals surface area contributed by atoms with Crippen molar-refractivity contribution in [2.45, 2.75) is 25.4 Å². The molecule has 1 heterocycles. The molecule has 0 fully saturated rings. The average Bonchev–Trinajstić information content (AvgIpc) is 2.77. The summed E-state index contributed by atoms with van der Waals surface area (Å²) in [5, 5.41) is 9.92. The van der Waals surface area contributed by atoms with E-state index in [9.17, 15) is 14.7 Å². The van der Waals surface area contributed by atoms with Crippen molar-refractivity contribution in [2.24, 2.45) is 5.92 Å². The number of allylic oxidation sites excluding steroid dienone is 5. The molecule has 0 spiro atoms. The Bertz CT molecular complexity index is 1070. The summed E-state index contributed by atoms with van der Waals surface area (Å²) in [6.07, 6.45) is 13.9. The zero-order valence-corrected chi connectivity index (χ0v) is 17.1. The minimum Gasteiger partial charge on any atom is -0.508 e. The first-order chi connectivity index (χ1) is 15.1. The Balaban J connectivity index is 1.65. The van der Waals surface area contributed by atoms with Gasteiger partial charge in [0.15, 0.2) is 5.78 Å². The molecule has 1 aromatic rings. The highest BCUT2D eigenvalue weighted by Gasteiger charge is 2.36. The van der Waals surface area contributed by atoms with Gasteiger partial charge < -0.3 is 14.6 Å². The maximum absolute atomic E-state index is 12.6. The van der Waals surface area contributed by atoms with E-state index < -0.39 is 6.10 Å². The summed E-state index contributed by atoms with van der Waals surface area (Å²) >= 11 is 0. The molecule has 0 aromatic heterocycles. The van der Waals surface area contributed by atoms with Gasteiger partial charge in [-0.05, 0) is 66.8 Å². The highest BCUT2D eigenvalue weighted by molar-refractivity contribution is 6.03. The average molecular weight is 416 g/mol. The molecule has 0 amide bonds. The molecular weight excluding hydrogens is 392 g/mol. The summed E-state index contributed by atoms with van der Waals surface area (Å²) in [6, 6.07) is 7.30. The van der Waals surface area contributed by atoms with Gasteiger partial charge in [-0.25, -0.2) is 4.79 Å². The molecule has 5 heteroatoms. The van der Waals surface area contributed by atoms with Gasteiger partial charge in [0, 0.05) is 17.6 Å². The Hall–Kier alpha value is -3.60. The van der Waals surface area contributed by atoms with Gasteiger partial charge in [-0.15, -0.1) is 6.58 Å². The molecule has 1 N–H and O–H groups in total. The fourth-order valence-corrected chi connectivity index (χ4v) is 3.96. The van der Waals surface area contributed by atoms with Crippen molar-refractivity contribution in [1.29, 1.82) is 0 Å². The Morgan fingerprint density at radius 1 is 1.23 bits per heavy atom. The fraction of sp³-hybridized carbons (Fsp3) is 0.231. The van der Waals surface area contributed by atoms with Crippen LogP contribution in [0.3, 0.4) is 0 Å². The molecule has 0 bridgehead atoms. The van der Waals surface area contributed by atoms with E-state index in [-0.39, 0.29) is 23.4 Å². The van der Waals surface area contributed by atoms with Crippen LogP contribution in [-0.2, 0) is 14.3 Å². The number of benzene rings is 1. The van der Waals surface area contributed by atoms with Crippen molar-refractivity contribution in [1.82, 2.24) is 0 Å². The third-order valence-corrected chi connectivity index (χ3v) is 5.45. The van der Waals surface area contributed by atoms with E-state index in [4.69, 9.17) is 9.47 Å². The minimum absolute atomic E-state index is 0.121. The lowest BCUT2D eigenvalue weighted by molar-refractivity contribution is -0.110. The summed E-state index contributed by atoms with van der Waals surface area (Å²) in [5.74, 6) is -0.0816. The second-order valence-electron chi connectivity index (χ2n) is 7.63. The third-order valence-electron chi connectivity index (χ3n) is 5.45. The van der Waals surface area contributed by atoms with Crippen molar-refractivity contribution in [3.05, 3.63) is 102 Å². The zero-order valence-electron chi connectivity index (χ0n) is 17.1. The number of unbranched alkanes of at least 4 members (excludes halogenated alkanes) is 2. The first-order valence-corrected chi connectivity index (χ1v) is 10.4. The number of ketones is 1. The van der Waals surface area contributed by atoms with Gasteiger partial charge >= 0.3 is 5.97 Å². The molecule has 3 aliphatic rings. The number of hydrogen-bond acceptors (Lipinski definition) is 5. The second kappa shape index (κ2) is 9.04. The molecule has 2 atom stereocenters. The number of carbonyl (C=O) groups is 2. The molecule has 4 rings (SSSR count). The van der Waals surface area contributed by atoms with Gasteiger partial charge in [-0.3, -0.25) is 4.79 Å². The number of esters is 1. The molecule has 2 aliphatic carbocycles. The molecule has 1 aromatic carbocycles. The third kappa shape index (κ3) is 4.45. The van der Waals surface area contributed by atoms with Crippen LogP contribution in [0.1, 0.15) is 35.2 Å². The summed E-state index contributed by atoms with van der Waals surface area (Å²) in [5.41, 5.74) is 3.05. The highest BCUT2D eigenvalue weighted by Crippen LogP contribution is 2.43. The van der Waals surface area contributed by atoms with E-state index in [1.54, 1.807) is 24.3 Å². The van der Waals surface area contributed by atoms with E-state index in [0.717, 1.165) is 36.0 Å². The molecule has 0 radical (unpaired) electrons. The Morgan fingerprint density at radius 2 is 2.10 bits per heavy atom. The first kappa shape index (κ1) is 20.7. The molecule has 0 saturated carbocycles. The van der Waals surface area contributed by atoms with Gasteiger partial charge in [0.1, 0.15) is 17.6 Å². The van der Waals surface area contributed by atoms with Gasteiger partial charge in [-0.1, -0.05) is 24.3 Å². The zero-order chi connectivity index (χ0) is 21.8. The van der Waals surface area contributed by atoms with Gasteiger partial charge in [0.05, 0.1) is 12.2 Å². The molecule has 0 saturated heterocycles. The molecule has 31 heavy (non-hydrogen) atoms. The number of hydrogen-bond donors (Lipinski definition) is 1. The minimum atomic E-state index is -0.435. The Morgan fingerprint density at radius 3 is 2.94 bits per heavy atom. The lowest BCUT2D eigenvalue weighted by atomic mass is 9.78. The molecular formula is C26H24O5. The van der Waals surface area contributed by atoms with E-state index in [0.29, 0.717) is 17.9 Å². The normalized spacial score (nSPS) is 21.5. The molecule has 1 aliphatic heterocycles. The molecule has 2 unspecified atom stereocenters. The van der Waals surface area contributed by atoms with E-state index in [1.807, 2.05) is 30.4 Å². The van der Waals surface area contributed by atoms with Crippen molar-refractivity contribution in [3.8, 4) is 0 Å². The van der Waals surface area contributed by atoms with Crippen LogP contribution >= 0.6 is 0 Å². The predicted molar refractivity (Wildman–Crippen MR) is 118 cm³/mol. The monoisotopic (exact) mass is 416 g/mol.